The first kappa shape index (κ1) is 68.5. The molecular weight excluding hydrogens is 1270 g/mol. The van der Waals surface area contributed by atoms with Crippen molar-refractivity contribution in [1.29, 1.82) is 0 Å². The number of anilines is 3. The first-order valence-corrected chi connectivity index (χ1v) is 35.0. The lowest BCUT2D eigenvalue weighted by Gasteiger charge is -2.31. The smallest absolute Gasteiger partial charge is 0.270 e. The lowest BCUT2D eigenvalue weighted by Crippen LogP contribution is -2.40. The number of carbonyl (C=O) groups excluding carboxylic acids is 3. The van der Waals surface area contributed by atoms with Gasteiger partial charge in [-0.25, -0.2) is 19.9 Å². The molecule has 3 N–H and O–H groups in total. The van der Waals surface area contributed by atoms with Crippen molar-refractivity contribution in [1.82, 2.24) is 60.8 Å². The molecule has 0 unspecified atom stereocenters. The van der Waals surface area contributed by atoms with Gasteiger partial charge >= 0.3 is 0 Å². The predicted molar refractivity (Wildman–Crippen MR) is 379 cm³/mol. The number of morpholine rings is 3. The summed E-state index contributed by atoms with van der Waals surface area (Å²) in [5.74, 6) is 2.36. The molecule has 0 bridgehead atoms. The van der Waals surface area contributed by atoms with Gasteiger partial charge in [-0.05, 0) is 144 Å². The second-order valence-electron chi connectivity index (χ2n) is 26.0. The first-order chi connectivity index (χ1) is 49.0. The van der Waals surface area contributed by atoms with E-state index >= 15 is 0 Å². The van der Waals surface area contributed by atoms with Crippen LogP contribution in [0.25, 0.3) is 33.1 Å². The number of rotatable bonds is 16. The van der Waals surface area contributed by atoms with Gasteiger partial charge < -0.3 is 63.8 Å². The number of aromatic nitrogens is 9. The molecule has 9 aromatic rings. The van der Waals surface area contributed by atoms with Crippen LogP contribution >= 0.6 is 0 Å². The fourth-order valence-electron chi connectivity index (χ4n) is 13.7. The van der Waals surface area contributed by atoms with Crippen LogP contribution in [0.1, 0.15) is 120 Å². The summed E-state index contributed by atoms with van der Waals surface area (Å²) >= 11 is 0. The van der Waals surface area contributed by atoms with E-state index in [0.717, 1.165) is 234 Å². The van der Waals surface area contributed by atoms with E-state index in [1.165, 1.54) is 7.11 Å². The third-order valence-corrected chi connectivity index (χ3v) is 19.1. The van der Waals surface area contributed by atoms with Crippen molar-refractivity contribution in [2.45, 2.75) is 127 Å². The molecule has 0 radical (unpaired) electrons. The van der Waals surface area contributed by atoms with Crippen molar-refractivity contribution < 1.29 is 47.5 Å². The van der Waals surface area contributed by atoms with Gasteiger partial charge in [-0.2, -0.15) is 0 Å². The molecule has 15 rings (SSSR count). The lowest BCUT2D eigenvalue weighted by molar-refractivity contribution is 0.0883. The standard InChI is InChI=1S/C25H29N5O4.2C25H29N5O3/c1-32-23-4-2-3-20(29-23)25(31)28-17-5-7-19(8-6-17)34-22-16-18(30-11-13-33-14-12-30)15-21-24(22)27-10-9-26-21;1-17-6-7-26-22(14-17)25(31)29-18-2-4-20(5-3-18)33-23-16-19(30-10-12-32-13-11-30)15-21-24(23)28-9-8-27-21;1-17-3-2-8-27-23(17)25(31)29-18-4-6-20(7-5-18)33-22-16-19(30-11-13-32-14-12-30)15-21-24(22)28-10-9-26-21/h2-4,9-10,15-17,19H,5-8,11-14H2,1H3,(H,28,31);6-9,14-16,18,20H,2-5,10-13H2,1H3,(H,29,31);2-3,8-10,15-16,18,20H,4-7,11-14H2,1H3,(H,29,31). The van der Waals surface area contributed by atoms with Crippen LogP contribution in [0.4, 0.5) is 17.1 Å². The number of pyridine rings is 3. The van der Waals surface area contributed by atoms with Crippen LogP contribution in [0.3, 0.4) is 0 Å². The number of amides is 3. The fraction of sp³-hybridized carbons (Fsp3) is 0.440. The largest absolute Gasteiger partial charge is 0.488 e. The van der Waals surface area contributed by atoms with Crippen LogP contribution in [0, 0.1) is 13.8 Å². The number of methoxy groups -OCH3 is 1. The van der Waals surface area contributed by atoms with Crippen LogP contribution in [0.15, 0.2) is 128 Å². The summed E-state index contributed by atoms with van der Waals surface area (Å²) in [5.41, 5.74) is 11.4. The minimum absolute atomic E-state index is 0.0632. The van der Waals surface area contributed by atoms with Crippen molar-refractivity contribution >= 4 is 67.9 Å². The molecule has 25 heteroatoms. The Balaban J connectivity index is 0.000000134. The number of nitrogens with one attached hydrogen (secondary N) is 3. The highest BCUT2D eigenvalue weighted by Crippen LogP contribution is 2.37. The molecule has 3 aliphatic heterocycles. The number of hydrogen-bond acceptors (Lipinski definition) is 22. The lowest BCUT2D eigenvalue weighted by atomic mass is 9.92. The summed E-state index contributed by atoms with van der Waals surface area (Å²) in [4.78, 5) is 84.4. The van der Waals surface area contributed by atoms with E-state index in [1.54, 1.807) is 67.8 Å². The second-order valence-corrected chi connectivity index (χ2v) is 26.0. The molecule has 100 heavy (non-hydrogen) atoms. The van der Waals surface area contributed by atoms with E-state index in [2.05, 4.69) is 112 Å². The van der Waals surface area contributed by atoms with Gasteiger partial charge in [0.25, 0.3) is 17.7 Å². The maximum atomic E-state index is 12.6. The van der Waals surface area contributed by atoms with Crippen molar-refractivity contribution in [3.63, 3.8) is 0 Å². The van der Waals surface area contributed by atoms with Crippen LogP contribution in [0.5, 0.6) is 23.1 Å². The van der Waals surface area contributed by atoms with Gasteiger partial charge in [0.2, 0.25) is 5.88 Å². The number of nitrogens with zero attached hydrogens (tertiary/aromatic N) is 12. The predicted octanol–water partition coefficient (Wildman–Crippen LogP) is 9.57. The van der Waals surface area contributed by atoms with Crippen molar-refractivity contribution in [3.8, 4) is 23.1 Å². The highest BCUT2D eigenvalue weighted by Gasteiger charge is 2.30. The van der Waals surface area contributed by atoms with Gasteiger partial charge in [-0.15, -0.1) is 0 Å². The number of ether oxygens (including phenoxy) is 7. The summed E-state index contributed by atoms with van der Waals surface area (Å²) in [5, 5.41) is 9.37. The quantitative estimate of drug-likeness (QED) is 0.0811. The van der Waals surface area contributed by atoms with Crippen LogP contribution < -0.4 is 49.6 Å². The van der Waals surface area contributed by atoms with Gasteiger partial charge in [-0.3, -0.25) is 39.3 Å². The summed E-state index contributed by atoms with van der Waals surface area (Å²) in [6.07, 6.45) is 24.1. The van der Waals surface area contributed by atoms with Gasteiger partial charge in [0.15, 0.2) is 0 Å². The van der Waals surface area contributed by atoms with E-state index < -0.39 is 0 Å². The minimum Gasteiger partial charge on any atom is -0.488 e. The third kappa shape index (κ3) is 17.7. The first-order valence-electron chi connectivity index (χ1n) is 35.0. The minimum atomic E-state index is -0.178. The molecule has 3 aromatic carbocycles. The van der Waals surface area contributed by atoms with Crippen LogP contribution in [-0.2, 0) is 14.2 Å². The molecule has 0 atom stereocenters. The Morgan fingerprint density at radius 1 is 0.410 bits per heavy atom. The molecule has 6 fully saturated rings. The molecule has 0 spiro atoms. The third-order valence-electron chi connectivity index (χ3n) is 19.1. The maximum absolute atomic E-state index is 12.6. The van der Waals surface area contributed by atoms with E-state index in [0.29, 0.717) is 23.0 Å². The second kappa shape index (κ2) is 33.3. The van der Waals surface area contributed by atoms with Gasteiger partial charge in [-0.1, -0.05) is 12.1 Å². The van der Waals surface area contributed by atoms with E-state index in [9.17, 15) is 14.4 Å². The van der Waals surface area contributed by atoms with Crippen LogP contribution in [-0.4, -0.2) is 185 Å². The Morgan fingerprint density at radius 3 is 1.21 bits per heavy atom. The van der Waals surface area contributed by atoms with Gasteiger partial charge in [0.05, 0.1) is 81.6 Å². The highest BCUT2D eigenvalue weighted by molar-refractivity contribution is 5.94. The average Bonchev–Trinajstić information content (AvgIpc) is 0.806. The van der Waals surface area contributed by atoms with Gasteiger partial charge in [0, 0.05) is 148 Å². The molecule has 3 saturated heterocycles. The molecule has 3 saturated carbocycles. The monoisotopic (exact) mass is 1360 g/mol. The zero-order valence-electron chi connectivity index (χ0n) is 57.0. The number of hydrogen-bond donors (Lipinski definition) is 3. The maximum Gasteiger partial charge on any atom is 0.270 e. The Labute approximate surface area is 581 Å². The molecule has 25 nitrogen and oxygen atoms in total. The zero-order chi connectivity index (χ0) is 68.6. The molecule has 3 amide bonds. The van der Waals surface area contributed by atoms with Crippen molar-refractivity contribution in [3.05, 3.63) is 157 Å². The Morgan fingerprint density at radius 2 is 0.810 bits per heavy atom. The Hall–Kier alpha value is -9.98. The number of aryl methyl sites for hydroxylation is 2. The summed E-state index contributed by atoms with van der Waals surface area (Å²) in [6, 6.07) is 25.5. The Bertz CT molecular complexity index is 4240. The van der Waals surface area contributed by atoms with Gasteiger partial charge in [0.1, 0.15) is 50.9 Å². The molecule has 3 aliphatic carbocycles. The molecule has 6 aliphatic rings. The van der Waals surface area contributed by atoms with E-state index in [-0.39, 0.29) is 54.2 Å². The van der Waals surface area contributed by atoms with Crippen LogP contribution in [0.2, 0.25) is 0 Å². The van der Waals surface area contributed by atoms with Crippen molar-refractivity contribution in [2.75, 3.05) is 101 Å². The number of fused-ring (bicyclic) bond motifs is 3. The summed E-state index contributed by atoms with van der Waals surface area (Å²) < 4.78 is 41.0. The molecule has 6 aromatic heterocycles. The zero-order valence-corrected chi connectivity index (χ0v) is 57.0. The SMILES string of the molecule is COc1cccc(C(=O)NC2CCC(Oc3cc(N4CCOCC4)cc4nccnc34)CC2)n1.Cc1cccnc1C(=O)NC1CCC(Oc2cc(N3CCOCC3)cc3nccnc23)CC1.Cc1ccnc(C(=O)NC2CCC(Oc3cc(N4CCOCC4)cc4nccnc34)CC2)c1. The fourth-order valence-corrected chi connectivity index (χ4v) is 13.7. The molecular formula is C75H87N15O10. The topological polar surface area (TPSA) is 278 Å². The van der Waals surface area contributed by atoms with E-state index in [4.69, 9.17) is 33.2 Å². The summed E-state index contributed by atoms with van der Waals surface area (Å²) in [6.45, 7) is 13.3. The van der Waals surface area contributed by atoms with Crippen molar-refractivity contribution in [2.24, 2.45) is 0 Å². The normalized spacial score (nSPS) is 20.9. The molecule has 522 valence electrons. The highest BCUT2D eigenvalue weighted by atomic mass is 16.5. The Kier molecular flexibility index (Phi) is 22.8. The number of carbonyl (C=O) groups is 3. The average molecular weight is 1360 g/mol. The number of benzene rings is 3. The summed E-state index contributed by atoms with van der Waals surface area (Å²) in [7, 11) is 1.54. The molecule has 9 heterocycles. The van der Waals surface area contributed by atoms with E-state index in [1.807, 2.05) is 38.1 Å².